The maximum atomic E-state index is 12.2. The van der Waals surface area contributed by atoms with E-state index in [1.165, 1.54) is 6.42 Å². The highest BCUT2D eigenvalue weighted by molar-refractivity contribution is 6.32. The lowest BCUT2D eigenvalue weighted by Gasteiger charge is -2.34. The van der Waals surface area contributed by atoms with Crippen molar-refractivity contribution in [1.82, 2.24) is 4.90 Å². The largest absolute Gasteiger partial charge is 0.339 e. The molecule has 0 radical (unpaired) electrons. The minimum Gasteiger partial charge on any atom is -0.339 e. The number of carbonyl (C=O) groups is 1. The first kappa shape index (κ1) is 14.1. The van der Waals surface area contributed by atoms with E-state index in [4.69, 9.17) is 11.6 Å². The van der Waals surface area contributed by atoms with Crippen LogP contribution in [0.4, 0.5) is 0 Å². The third-order valence-corrected chi connectivity index (χ3v) is 3.84. The summed E-state index contributed by atoms with van der Waals surface area (Å²) < 4.78 is 0. The van der Waals surface area contributed by atoms with E-state index < -0.39 is 0 Å². The smallest absolute Gasteiger partial charge is 0.246 e. The molecule has 3 heteroatoms. The van der Waals surface area contributed by atoms with Crippen molar-refractivity contribution in [3.8, 4) is 0 Å². The van der Waals surface area contributed by atoms with E-state index in [0.717, 1.165) is 18.7 Å². The molecule has 0 spiro atoms. The van der Waals surface area contributed by atoms with Crippen LogP contribution in [0.3, 0.4) is 0 Å². The Bertz CT molecular complexity index is 473. The molecule has 0 saturated carbocycles. The molecule has 0 unspecified atom stereocenters. The highest BCUT2D eigenvalue weighted by Gasteiger charge is 2.23. The van der Waals surface area contributed by atoms with Gasteiger partial charge >= 0.3 is 0 Å². The number of piperidine rings is 1. The number of halogens is 1. The van der Waals surface area contributed by atoms with Crippen LogP contribution in [0.2, 0.25) is 5.02 Å². The molecular weight excluding hydrogens is 258 g/mol. The monoisotopic (exact) mass is 277 g/mol. The second-order valence-electron chi connectivity index (χ2n) is 5.54. The summed E-state index contributed by atoms with van der Waals surface area (Å²) in [5.41, 5.74) is 0.885. The third kappa shape index (κ3) is 3.84. The molecule has 102 valence electrons. The van der Waals surface area contributed by atoms with Gasteiger partial charge in [-0.25, -0.2) is 0 Å². The first-order chi connectivity index (χ1) is 9.06. The number of amides is 1. The molecule has 1 aromatic rings. The van der Waals surface area contributed by atoms with Gasteiger partial charge in [-0.3, -0.25) is 4.79 Å². The highest BCUT2D eigenvalue weighted by Crippen LogP contribution is 2.21. The molecule has 1 aromatic carbocycles. The molecule has 2 rings (SSSR count). The molecule has 19 heavy (non-hydrogen) atoms. The molecule has 2 atom stereocenters. The molecule has 1 saturated heterocycles. The van der Waals surface area contributed by atoms with E-state index in [-0.39, 0.29) is 5.91 Å². The van der Waals surface area contributed by atoms with Crippen LogP contribution in [0.15, 0.2) is 30.3 Å². The van der Waals surface area contributed by atoms with Crippen molar-refractivity contribution in [3.05, 3.63) is 40.9 Å². The molecule has 1 aliphatic rings. The topological polar surface area (TPSA) is 20.3 Å². The van der Waals surface area contributed by atoms with Gasteiger partial charge in [-0.1, -0.05) is 43.6 Å². The van der Waals surface area contributed by atoms with Crippen molar-refractivity contribution in [3.63, 3.8) is 0 Å². The van der Waals surface area contributed by atoms with Gasteiger partial charge in [0.15, 0.2) is 0 Å². The lowest BCUT2D eigenvalue weighted by Crippen LogP contribution is -2.41. The number of likely N-dealkylation sites (tertiary alicyclic amines) is 1. The molecule has 1 amide bonds. The first-order valence-corrected chi connectivity index (χ1v) is 7.15. The summed E-state index contributed by atoms with van der Waals surface area (Å²) in [6.45, 7) is 6.12. The highest BCUT2D eigenvalue weighted by atomic mass is 35.5. The molecule has 2 nitrogen and oxygen atoms in total. The third-order valence-electron chi connectivity index (χ3n) is 3.49. The molecule has 1 heterocycles. The Balaban J connectivity index is 2.03. The molecule has 1 fully saturated rings. The zero-order chi connectivity index (χ0) is 13.8. The number of carbonyl (C=O) groups excluding carboxylic acids is 1. The summed E-state index contributed by atoms with van der Waals surface area (Å²) in [6, 6.07) is 7.54. The normalized spacial score (nSPS) is 23.8. The molecular formula is C16H20ClNO. The summed E-state index contributed by atoms with van der Waals surface area (Å²) in [6.07, 6.45) is 4.64. The minimum absolute atomic E-state index is 0.0818. The Hall–Kier alpha value is -1.28. The zero-order valence-corrected chi connectivity index (χ0v) is 12.2. The predicted octanol–water partition coefficient (Wildman–Crippen LogP) is 3.86. The van der Waals surface area contributed by atoms with Gasteiger partial charge in [0.25, 0.3) is 0 Å². The molecule has 0 bridgehead atoms. The standard InChI is InChI=1S/C16H20ClNO/c1-12-9-13(2)11-18(10-12)16(19)8-7-14-5-3-4-6-15(14)17/h3-8,12-13H,9-11H2,1-2H3/b8-7+/t12-,13-/m1/s1. The number of hydrogen-bond acceptors (Lipinski definition) is 1. The van der Waals surface area contributed by atoms with Crippen molar-refractivity contribution in [2.45, 2.75) is 20.3 Å². The van der Waals surface area contributed by atoms with Crippen LogP contribution >= 0.6 is 11.6 Å². The quantitative estimate of drug-likeness (QED) is 0.752. The maximum Gasteiger partial charge on any atom is 0.246 e. The predicted molar refractivity (Wildman–Crippen MR) is 80.0 cm³/mol. The van der Waals surface area contributed by atoms with Gasteiger partial charge in [0, 0.05) is 24.2 Å². The van der Waals surface area contributed by atoms with Crippen LogP contribution in [0, 0.1) is 11.8 Å². The fourth-order valence-corrected chi connectivity index (χ4v) is 2.92. The van der Waals surface area contributed by atoms with Crippen molar-refractivity contribution >= 4 is 23.6 Å². The summed E-state index contributed by atoms with van der Waals surface area (Å²) in [7, 11) is 0. The number of hydrogen-bond donors (Lipinski definition) is 0. The van der Waals surface area contributed by atoms with E-state index in [0.29, 0.717) is 16.9 Å². The van der Waals surface area contributed by atoms with Gasteiger partial charge in [-0.15, -0.1) is 0 Å². The van der Waals surface area contributed by atoms with Crippen molar-refractivity contribution in [2.24, 2.45) is 11.8 Å². The maximum absolute atomic E-state index is 12.2. The first-order valence-electron chi connectivity index (χ1n) is 6.77. The van der Waals surface area contributed by atoms with E-state index in [1.807, 2.05) is 29.2 Å². The average Bonchev–Trinajstić information content (AvgIpc) is 2.36. The van der Waals surface area contributed by atoms with Crippen LogP contribution in [0.25, 0.3) is 6.08 Å². The van der Waals surface area contributed by atoms with Crippen LogP contribution in [-0.4, -0.2) is 23.9 Å². The summed E-state index contributed by atoms with van der Waals surface area (Å²) in [5.74, 6) is 1.25. The molecule has 0 aliphatic carbocycles. The van der Waals surface area contributed by atoms with Gasteiger partial charge in [-0.05, 0) is 36.0 Å². The van der Waals surface area contributed by atoms with E-state index in [9.17, 15) is 4.79 Å². The molecule has 0 aromatic heterocycles. The Morgan fingerprint density at radius 1 is 1.26 bits per heavy atom. The van der Waals surface area contributed by atoms with Gasteiger partial charge in [0.05, 0.1) is 0 Å². The van der Waals surface area contributed by atoms with Crippen molar-refractivity contribution < 1.29 is 4.79 Å². The van der Waals surface area contributed by atoms with E-state index in [1.54, 1.807) is 12.2 Å². The van der Waals surface area contributed by atoms with Crippen LogP contribution in [-0.2, 0) is 4.79 Å². The number of nitrogens with zero attached hydrogens (tertiary/aromatic N) is 1. The van der Waals surface area contributed by atoms with Crippen LogP contribution in [0.1, 0.15) is 25.8 Å². The average molecular weight is 278 g/mol. The molecule has 1 aliphatic heterocycles. The Morgan fingerprint density at radius 2 is 1.89 bits per heavy atom. The lowest BCUT2D eigenvalue weighted by molar-refractivity contribution is -0.128. The van der Waals surface area contributed by atoms with Gasteiger partial charge in [0.1, 0.15) is 0 Å². The number of rotatable bonds is 2. The van der Waals surface area contributed by atoms with Gasteiger partial charge in [-0.2, -0.15) is 0 Å². The lowest BCUT2D eigenvalue weighted by atomic mass is 9.92. The second-order valence-corrected chi connectivity index (χ2v) is 5.95. The summed E-state index contributed by atoms with van der Waals surface area (Å²) >= 11 is 6.06. The summed E-state index contributed by atoms with van der Waals surface area (Å²) in [5, 5.41) is 0.673. The minimum atomic E-state index is 0.0818. The van der Waals surface area contributed by atoms with Crippen LogP contribution in [0.5, 0.6) is 0 Å². The van der Waals surface area contributed by atoms with E-state index >= 15 is 0 Å². The summed E-state index contributed by atoms with van der Waals surface area (Å²) in [4.78, 5) is 14.1. The Morgan fingerprint density at radius 3 is 2.53 bits per heavy atom. The van der Waals surface area contributed by atoms with Gasteiger partial charge in [0.2, 0.25) is 5.91 Å². The van der Waals surface area contributed by atoms with Crippen LogP contribution < -0.4 is 0 Å². The fraction of sp³-hybridized carbons (Fsp3) is 0.438. The molecule has 0 N–H and O–H groups in total. The zero-order valence-electron chi connectivity index (χ0n) is 11.5. The SMILES string of the molecule is C[C@@H]1C[C@@H](C)CN(C(=O)/C=C/c2ccccc2Cl)C1. The van der Waals surface area contributed by atoms with E-state index in [2.05, 4.69) is 13.8 Å². The Labute approximate surface area is 120 Å². The number of benzene rings is 1. The Kier molecular flexibility index (Phi) is 4.65. The second kappa shape index (κ2) is 6.25. The van der Waals surface area contributed by atoms with Crippen molar-refractivity contribution in [2.75, 3.05) is 13.1 Å². The fourth-order valence-electron chi connectivity index (χ4n) is 2.72. The van der Waals surface area contributed by atoms with Gasteiger partial charge < -0.3 is 4.90 Å². The van der Waals surface area contributed by atoms with Crippen molar-refractivity contribution in [1.29, 1.82) is 0 Å².